The minimum Gasteiger partial charge on any atom is -0.478 e. The Balaban J connectivity index is 1.62. The average molecular weight is 554 g/mol. The number of carboxylic acids is 1. The number of carboxylic acid groups (broad SMARTS) is 1. The van der Waals surface area contributed by atoms with E-state index < -0.39 is 5.97 Å². The van der Waals surface area contributed by atoms with Crippen molar-refractivity contribution in [2.45, 2.75) is 46.2 Å². The number of hydrogen-bond donors (Lipinski definition) is 3. The van der Waals surface area contributed by atoms with E-state index in [9.17, 15) is 14.7 Å². The number of aromatic carboxylic acids is 1. The maximum absolute atomic E-state index is 12.0. The largest absolute Gasteiger partial charge is 0.478 e. The molecule has 1 aliphatic rings. The Kier molecular flexibility index (Phi) is 7.40. The van der Waals surface area contributed by atoms with E-state index in [1.807, 2.05) is 69.3 Å². The second kappa shape index (κ2) is 10.9. The van der Waals surface area contributed by atoms with Gasteiger partial charge < -0.3 is 25.2 Å². The highest BCUT2D eigenvalue weighted by molar-refractivity contribution is 7.80. The van der Waals surface area contributed by atoms with Gasteiger partial charge in [-0.1, -0.05) is 13.0 Å². The summed E-state index contributed by atoms with van der Waals surface area (Å²) in [6.07, 6.45) is 2.19. The minimum atomic E-state index is -0.955. The number of amides is 1. The second-order valence-corrected chi connectivity index (χ2v) is 10.3. The molecule has 9 heteroatoms. The third-order valence-corrected chi connectivity index (χ3v) is 7.66. The van der Waals surface area contributed by atoms with Gasteiger partial charge >= 0.3 is 5.97 Å². The van der Waals surface area contributed by atoms with Gasteiger partial charge in [0.2, 0.25) is 5.91 Å². The molecule has 2 atom stereocenters. The first-order valence-electron chi connectivity index (χ1n) is 13.1. The van der Waals surface area contributed by atoms with E-state index in [2.05, 4.69) is 38.1 Å². The zero-order chi connectivity index (χ0) is 28.6. The number of carbonyl (C=O) groups is 2. The predicted octanol–water partition coefficient (Wildman–Crippen LogP) is 6.02. The number of hydrogen-bond acceptors (Lipinski definition) is 4. The van der Waals surface area contributed by atoms with Crippen molar-refractivity contribution in [1.82, 2.24) is 14.9 Å². The Labute approximate surface area is 238 Å². The molecule has 2 aromatic heterocycles. The molecule has 0 aliphatic carbocycles. The Morgan fingerprint density at radius 2 is 1.75 bits per heavy atom. The van der Waals surface area contributed by atoms with Gasteiger partial charge in [0.05, 0.1) is 23.3 Å². The normalized spacial score (nSPS) is 16.6. The summed E-state index contributed by atoms with van der Waals surface area (Å²) in [5.74, 6) is -0.991. The molecule has 40 heavy (non-hydrogen) atoms. The quantitative estimate of drug-likeness (QED) is 0.241. The van der Waals surface area contributed by atoms with E-state index in [1.54, 1.807) is 18.3 Å². The maximum Gasteiger partial charge on any atom is 0.335 e. The fraction of sp³-hybridized carbons (Fsp3) is 0.226. The molecule has 1 aliphatic heterocycles. The smallest absolute Gasteiger partial charge is 0.335 e. The Morgan fingerprint density at radius 1 is 1.02 bits per heavy atom. The maximum atomic E-state index is 12.0. The monoisotopic (exact) mass is 553 g/mol. The van der Waals surface area contributed by atoms with Crippen LogP contribution < -0.4 is 15.5 Å². The van der Waals surface area contributed by atoms with Crippen molar-refractivity contribution >= 4 is 40.6 Å². The van der Waals surface area contributed by atoms with E-state index in [0.29, 0.717) is 11.5 Å². The van der Waals surface area contributed by atoms with Crippen molar-refractivity contribution in [2.24, 2.45) is 0 Å². The van der Waals surface area contributed by atoms with Crippen molar-refractivity contribution in [3.8, 4) is 5.69 Å². The van der Waals surface area contributed by atoms with Crippen LogP contribution in [-0.4, -0.2) is 31.6 Å². The summed E-state index contributed by atoms with van der Waals surface area (Å²) in [5.41, 5.74) is 7.72. The van der Waals surface area contributed by atoms with E-state index in [4.69, 9.17) is 12.2 Å². The zero-order valence-electron chi connectivity index (χ0n) is 22.8. The van der Waals surface area contributed by atoms with Crippen LogP contribution in [0.5, 0.6) is 0 Å². The standard InChI is InChI=1S/C31H31N5O3S/c1-5-27(37)33-25-14-13-23(16-18(25)2)36-29(28(34-31(36)40)26-8-6-7-15-32-26)24-17-19(3)35(20(24)4)22-11-9-21(10-12-22)30(38)39/h6-17,28-29H,5H2,1-4H3,(H,33,37)(H,34,40)(H,38,39). The molecule has 0 bridgehead atoms. The lowest BCUT2D eigenvalue weighted by atomic mass is 9.96. The average Bonchev–Trinajstić information content (AvgIpc) is 3.44. The van der Waals surface area contributed by atoms with Gasteiger partial charge in [0.1, 0.15) is 0 Å². The number of rotatable bonds is 7. The van der Waals surface area contributed by atoms with E-state index in [0.717, 1.165) is 45.3 Å². The van der Waals surface area contributed by atoms with Gasteiger partial charge in [0.25, 0.3) is 0 Å². The number of pyridine rings is 1. The van der Waals surface area contributed by atoms with Crippen molar-refractivity contribution < 1.29 is 14.7 Å². The third kappa shape index (κ3) is 4.96. The van der Waals surface area contributed by atoms with Crippen LogP contribution in [0.3, 0.4) is 0 Å². The molecule has 1 saturated heterocycles. The molecular formula is C31H31N5O3S. The number of nitrogens with one attached hydrogen (secondary N) is 2. The molecule has 204 valence electrons. The zero-order valence-corrected chi connectivity index (χ0v) is 23.6. The van der Waals surface area contributed by atoms with Crippen molar-refractivity contribution in [2.75, 3.05) is 10.2 Å². The molecule has 0 spiro atoms. The molecule has 0 saturated carbocycles. The van der Waals surface area contributed by atoms with E-state index in [1.165, 1.54) is 0 Å². The third-order valence-electron chi connectivity index (χ3n) is 7.34. The molecule has 5 rings (SSSR count). The van der Waals surface area contributed by atoms with Gasteiger partial charge in [-0.25, -0.2) is 4.79 Å². The van der Waals surface area contributed by atoms with Gasteiger partial charge in [-0.05, 0) is 105 Å². The van der Waals surface area contributed by atoms with Crippen LogP contribution in [0.4, 0.5) is 11.4 Å². The summed E-state index contributed by atoms with van der Waals surface area (Å²) < 4.78 is 2.13. The molecule has 0 radical (unpaired) electrons. The highest BCUT2D eigenvalue weighted by Gasteiger charge is 2.42. The highest BCUT2D eigenvalue weighted by Crippen LogP contribution is 2.44. The summed E-state index contributed by atoms with van der Waals surface area (Å²) in [5, 5.41) is 16.4. The van der Waals surface area contributed by atoms with Crippen LogP contribution in [0.15, 0.2) is 72.9 Å². The molecule has 1 amide bonds. The number of aryl methyl sites for hydroxylation is 2. The molecular weight excluding hydrogens is 522 g/mol. The van der Waals surface area contributed by atoms with Crippen LogP contribution in [0, 0.1) is 20.8 Å². The Hall–Kier alpha value is -4.50. The SMILES string of the molecule is CCC(=O)Nc1ccc(N2C(=S)NC(c3ccccn3)C2c2cc(C)n(-c3ccc(C(=O)O)cc3)c2C)cc1C. The molecule has 3 heterocycles. The first kappa shape index (κ1) is 27.1. The number of aromatic nitrogens is 2. The fourth-order valence-corrected chi connectivity index (χ4v) is 5.71. The van der Waals surface area contributed by atoms with Gasteiger partial charge in [-0.3, -0.25) is 9.78 Å². The minimum absolute atomic E-state index is 0.0360. The summed E-state index contributed by atoms with van der Waals surface area (Å²) >= 11 is 5.91. The summed E-state index contributed by atoms with van der Waals surface area (Å²) in [6.45, 7) is 7.90. The molecule has 2 aromatic carbocycles. The molecule has 3 N–H and O–H groups in total. The second-order valence-electron chi connectivity index (χ2n) is 9.91. The molecule has 1 fully saturated rings. The van der Waals surface area contributed by atoms with Crippen LogP contribution in [0.25, 0.3) is 5.69 Å². The lowest BCUT2D eigenvalue weighted by Gasteiger charge is -2.29. The number of nitrogens with zero attached hydrogens (tertiary/aromatic N) is 3. The molecule has 2 unspecified atom stereocenters. The van der Waals surface area contributed by atoms with Crippen molar-refractivity contribution in [3.63, 3.8) is 0 Å². The van der Waals surface area contributed by atoms with Gasteiger partial charge in [-0.2, -0.15) is 0 Å². The lowest BCUT2D eigenvalue weighted by Crippen LogP contribution is -2.29. The summed E-state index contributed by atoms with van der Waals surface area (Å²) in [4.78, 5) is 30.2. The Bertz CT molecular complexity index is 1600. The van der Waals surface area contributed by atoms with Crippen molar-refractivity contribution in [1.29, 1.82) is 0 Å². The number of anilines is 2. The van der Waals surface area contributed by atoms with Gasteiger partial charge in [0, 0.05) is 41.1 Å². The van der Waals surface area contributed by atoms with Gasteiger partial charge in [-0.15, -0.1) is 0 Å². The van der Waals surface area contributed by atoms with Crippen LogP contribution >= 0.6 is 12.2 Å². The number of carbonyl (C=O) groups excluding carboxylic acids is 1. The highest BCUT2D eigenvalue weighted by atomic mass is 32.1. The number of thiocarbonyl (C=S) groups is 1. The summed E-state index contributed by atoms with van der Waals surface area (Å²) in [6, 6.07) is 20.4. The fourth-order valence-electron chi connectivity index (χ4n) is 5.36. The van der Waals surface area contributed by atoms with Crippen LogP contribution in [0.1, 0.15) is 64.0 Å². The predicted molar refractivity (Wildman–Crippen MR) is 160 cm³/mol. The molecule has 4 aromatic rings. The van der Waals surface area contributed by atoms with Crippen molar-refractivity contribution in [3.05, 3.63) is 107 Å². The van der Waals surface area contributed by atoms with Crippen LogP contribution in [0.2, 0.25) is 0 Å². The topological polar surface area (TPSA) is 99.5 Å². The lowest BCUT2D eigenvalue weighted by molar-refractivity contribution is -0.115. The number of benzene rings is 2. The van der Waals surface area contributed by atoms with Crippen LogP contribution in [-0.2, 0) is 4.79 Å². The van der Waals surface area contributed by atoms with E-state index >= 15 is 0 Å². The van der Waals surface area contributed by atoms with Gasteiger partial charge in [0.15, 0.2) is 5.11 Å². The molecule has 8 nitrogen and oxygen atoms in total. The van der Waals surface area contributed by atoms with E-state index in [-0.39, 0.29) is 23.6 Å². The first-order valence-corrected chi connectivity index (χ1v) is 13.5. The Morgan fingerprint density at radius 3 is 2.38 bits per heavy atom. The first-order chi connectivity index (χ1) is 19.2. The summed E-state index contributed by atoms with van der Waals surface area (Å²) in [7, 11) is 0.